The summed E-state index contributed by atoms with van der Waals surface area (Å²) in [6, 6.07) is -0.0374. The van der Waals surface area contributed by atoms with Crippen molar-refractivity contribution in [3.05, 3.63) is 0 Å². The van der Waals surface area contributed by atoms with Crippen LogP contribution in [0, 0.1) is 0 Å². The largest absolute Gasteiger partial charge is 0.447 e. The maximum atomic E-state index is 12.1. The summed E-state index contributed by atoms with van der Waals surface area (Å²) in [5, 5.41) is 0. The van der Waals surface area contributed by atoms with E-state index >= 15 is 0 Å². The van der Waals surface area contributed by atoms with Crippen LogP contribution in [0.25, 0.3) is 0 Å². The van der Waals surface area contributed by atoms with Crippen LogP contribution in [0.3, 0.4) is 0 Å². The van der Waals surface area contributed by atoms with Gasteiger partial charge < -0.3 is 4.74 Å². The monoisotopic (exact) mass is 283 g/mol. The number of ether oxygens (including phenoxy) is 1. The predicted octanol–water partition coefficient (Wildman–Crippen LogP) is 4.27. The van der Waals surface area contributed by atoms with E-state index in [1.165, 1.54) is 37.0 Å². The Kier molecular flexibility index (Phi) is 8.31. The van der Waals surface area contributed by atoms with E-state index < -0.39 is 6.09 Å². The molecule has 1 atom stereocenters. The molecule has 0 spiro atoms. The zero-order chi connectivity index (χ0) is 14.8. The first-order valence-electron chi connectivity index (χ1n) is 8.19. The number of hydrogen-bond acceptors (Lipinski definition) is 3. The molecule has 0 aromatic carbocycles. The lowest BCUT2D eigenvalue weighted by Crippen LogP contribution is -2.38. The van der Waals surface area contributed by atoms with Crippen molar-refractivity contribution in [3.63, 3.8) is 0 Å². The molecule has 0 radical (unpaired) electrons. The normalized spacial score (nSPS) is 18.4. The van der Waals surface area contributed by atoms with Crippen molar-refractivity contribution in [1.29, 1.82) is 0 Å². The highest BCUT2D eigenvalue weighted by Gasteiger charge is 2.36. The number of nitrogens with zero attached hydrogens (tertiary/aromatic N) is 1. The molecule has 4 nitrogen and oxygen atoms in total. The van der Waals surface area contributed by atoms with E-state index in [9.17, 15) is 9.59 Å². The van der Waals surface area contributed by atoms with Crippen LogP contribution < -0.4 is 0 Å². The van der Waals surface area contributed by atoms with Gasteiger partial charge in [0.2, 0.25) is 5.91 Å². The maximum absolute atomic E-state index is 12.1. The van der Waals surface area contributed by atoms with E-state index in [2.05, 4.69) is 13.8 Å². The molecule has 1 saturated heterocycles. The minimum atomic E-state index is -0.448. The second kappa shape index (κ2) is 9.78. The van der Waals surface area contributed by atoms with Crippen LogP contribution in [0.2, 0.25) is 0 Å². The lowest BCUT2D eigenvalue weighted by molar-refractivity contribution is -0.129. The average molecular weight is 283 g/mol. The minimum absolute atomic E-state index is 0.0374. The van der Waals surface area contributed by atoms with E-state index in [0.29, 0.717) is 13.0 Å². The van der Waals surface area contributed by atoms with Crippen LogP contribution in [0.15, 0.2) is 0 Å². The topological polar surface area (TPSA) is 46.6 Å². The van der Waals surface area contributed by atoms with Crippen molar-refractivity contribution in [3.8, 4) is 0 Å². The molecule has 1 aliphatic heterocycles. The first-order chi connectivity index (χ1) is 9.70. The van der Waals surface area contributed by atoms with E-state index in [1.807, 2.05) is 0 Å². The molecule has 0 aromatic rings. The van der Waals surface area contributed by atoms with Gasteiger partial charge in [-0.15, -0.1) is 0 Å². The van der Waals surface area contributed by atoms with Crippen molar-refractivity contribution < 1.29 is 14.3 Å². The number of carbonyl (C=O) groups excluding carboxylic acids is 2. The van der Waals surface area contributed by atoms with Gasteiger partial charge in [-0.3, -0.25) is 4.79 Å². The summed E-state index contributed by atoms with van der Waals surface area (Å²) in [6.07, 6.45) is 10.1. The number of amides is 2. The summed E-state index contributed by atoms with van der Waals surface area (Å²) in [7, 11) is 0. The van der Waals surface area contributed by atoms with Crippen LogP contribution in [0.4, 0.5) is 4.79 Å². The van der Waals surface area contributed by atoms with Gasteiger partial charge in [0.1, 0.15) is 6.61 Å². The first kappa shape index (κ1) is 17.0. The molecule has 0 bridgehead atoms. The van der Waals surface area contributed by atoms with Crippen molar-refractivity contribution >= 4 is 12.0 Å². The molecule has 20 heavy (non-hydrogen) atoms. The molecule has 116 valence electrons. The third-order valence-electron chi connectivity index (χ3n) is 3.85. The lowest BCUT2D eigenvalue weighted by Gasteiger charge is -2.18. The first-order valence-corrected chi connectivity index (χ1v) is 8.19. The fourth-order valence-corrected chi connectivity index (χ4v) is 2.67. The summed E-state index contributed by atoms with van der Waals surface area (Å²) in [5.41, 5.74) is 0. The highest BCUT2D eigenvalue weighted by Crippen LogP contribution is 2.19. The third kappa shape index (κ3) is 5.51. The van der Waals surface area contributed by atoms with Crippen LogP contribution >= 0.6 is 0 Å². The summed E-state index contributed by atoms with van der Waals surface area (Å²) in [6.45, 7) is 4.64. The second-order valence-corrected chi connectivity index (χ2v) is 5.65. The van der Waals surface area contributed by atoms with Crippen molar-refractivity contribution in [2.75, 3.05) is 6.61 Å². The minimum Gasteiger partial charge on any atom is -0.447 e. The number of imide groups is 1. The van der Waals surface area contributed by atoms with Crippen LogP contribution in [-0.4, -0.2) is 29.5 Å². The number of hydrogen-bond donors (Lipinski definition) is 0. The fourth-order valence-electron chi connectivity index (χ4n) is 2.67. The van der Waals surface area contributed by atoms with E-state index in [1.54, 1.807) is 0 Å². The Morgan fingerprint density at radius 1 is 1.10 bits per heavy atom. The number of cyclic esters (lactones) is 1. The Labute approximate surface area is 122 Å². The second-order valence-electron chi connectivity index (χ2n) is 5.65. The van der Waals surface area contributed by atoms with Crippen molar-refractivity contribution in [2.24, 2.45) is 0 Å². The van der Waals surface area contributed by atoms with E-state index in [4.69, 9.17) is 4.74 Å². The molecule has 1 fully saturated rings. The Bertz CT molecular complexity index is 304. The summed E-state index contributed by atoms with van der Waals surface area (Å²) >= 11 is 0. The number of rotatable bonds is 10. The zero-order valence-corrected chi connectivity index (χ0v) is 13.0. The molecular formula is C16H29NO3. The van der Waals surface area contributed by atoms with E-state index in [0.717, 1.165) is 25.7 Å². The predicted molar refractivity (Wildman–Crippen MR) is 79.5 cm³/mol. The van der Waals surface area contributed by atoms with Gasteiger partial charge in [0, 0.05) is 6.42 Å². The molecule has 1 heterocycles. The Morgan fingerprint density at radius 2 is 1.75 bits per heavy atom. The standard InChI is InChI=1S/C16H29NO3/c1-3-5-6-7-8-9-10-12-15(18)17-14(11-4-2)13-20-16(17)19/h14H,3-13H2,1-2H3. The van der Waals surface area contributed by atoms with Crippen LogP contribution in [0.1, 0.15) is 78.1 Å². The molecule has 1 unspecified atom stereocenters. The van der Waals surface area contributed by atoms with Gasteiger partial charge in [0.15, 0.2) is 0 Å². The summed E-state index contributed by atoms with van der Waals surface area (Å²) < 4.78 is 4.99. The quantitative estimate of drug-likeness (QED) is 0.562. The van der Waals surface area contributed by atoms with Gasteiger partial charge in [-0.1, -0.05) is 58.8 Å². The van der Waals surface area contributed by atoms with E-state index in [-0.39, 0.29) is 11.9 Å². The average Bonchev–Trinajstić information content (AvgIpc) is 2.79. The highest BCUT2D eigenvalue weighted by atomic mass is 16.6. The van der Waals surface area contributed by atoms with Gasteiger partial charge in [-0.25, -0.2) is 9.69 Å². The molecule has 1 rings (SSSR count). The molecule has 4 heteroatoms. The highest BCUT2D eigenvalue weighted by molar-refractivity contribution is 5.93. The molecule has 1 aliphatic rings. The number of carbonyl (C=O) groups is 2. The van der Waals surface area contributed by atoms with Gasteiger partial charge in [-0.2, -0.15) is 0 Å². The van der Waals surface area contributed by atoms with Crippen molar-refractivity contribution in [1.82, 2.24) is 4.90 Å². The molecule has 0 saturated carbocycles. The molecule has 0 aliphatic carbocycles. The lowest BCUT2D eigenvalue weighted by atomic mass is 10.1. The SMILES string of the molecule is CCCCCCCCCC(=O)N1C(=O)OCC1CCC. The van der Waals surface area contributed by atoms with Crippen LogP contribution in [0.5, 0.6) is 0 Å². The molecular weight excluding hydrogens is 254 g/mol. The Hall–Kier alpha value is -1.06. The maximum Gasteiger partial charge on any atom is 0.416 e. The van der Waals surface area contributed by atoms with Gasteiger partial charge in [0.25, 0.3) is 0 Å². The van der Waals surface area contributed by atoms with Crippen molar-refractivity contribution in [2.45, 2.75) is 84.1 Å². The Balaban J connectivity index is 2.19. The molecule has 2 amide bonds. The van der Waals surface area contributed by atoms with Gasteiger partial charge >= 0.3 is 6.09 Å². The van der Waals surface area contributed by atoms with Gasteiger partial charge in [-0.05, 0) is 12.8 Å². The smallest absolute Gasteiger partial charge is 0.416 e. The Morgan fingerprint density at radius 3 is 2.40 bits per heavy atom. The number of unbranched alkanes of at least 4 members (excludes halogenated alkanes) is 6. The molecule has 0 N–H and O–H groups in total. The molecule has 0 aromatic heterocycles. The fraction of sp³-hybridized carbons (Fsp3) is 0.875. The summed E-state index contributed by atoms with van der Waals surface area (Å²) in [5.74, 6) is -0.0560. The third-order valence-corrected chi connectivity index (χ3v) is 3.85. The summed E-state index contributed by atoms with van der Waals surface area (Å²) in [4.78, 5) is 25.0. The zero-order valence-electron chi connectivity index (χ0n) is 13.0. The van der Waals surface area contributed by atoms with Gasteiger partial charge in [0.05, 0.1) is 6.04 Å². The van der Waals surface area contributed by atoms with Crippen LogP contribution in [-0.2, 0) is 9.53 Å².